The minimum atomic E-state index is -3.86. The molecular formula is C22H22FN3O5S2. The van der Waals surface area contributed by atoms with Gasteiger partial charge in [-0.15, -0.1) is 0 Å². The van der Waals surface area contributed by atoms with E-state index in [1.807, 2.05) is 0 Å². The van der Waals surface area contributed by atoms with E-state index in [1.165, 1.54) is 36.4 Å². The zero-order valence-electron chi connectivity index (χ0n) is 17.8. The maximum atomic E-state index is 13.5. The number of carbonyl (C=O) groups is 1. The van der Waals surface area contributed by atoms with Gasteiger partial charge in [0.2, 0.25) is 15.9 Å². The Bertz CT molecular complexity index is 1380. The zero-order chi connectivity index (χ0) is 24.2. The number of anilines is 3. The van der Waals surface area contributed by atoms with Crippen LogP contribution in [0.1, 0.15) is 5.56 Å². The smallest absolute Gasteiger partial charge is 0.261 e. The highest BCUT2D eigenvalue weighted by Gasteiger charge is 2.22. The largest absolute Gasteiger partial charge is 0.325 e. The molecule has 3 rings (SSSR count). The summed E-state index contributed by atoms with van der Waals surface area (Å²) in [6, 6.07) is 17.2. The lowest BCUT2D eigenvalue weighted by Crippen LogP contribution is -2.37. The molecule has 174 valence electrons. The number of hydrogen-bond donors (Lipinski definition) is 2. The second-order valence-corrected chi connectivity index (χ2v) is 10.8. The lowest BCUT2D eigenvalue weighted by molar-refractivity contribution is -0.114. The molecule has 8 nitrogen and oxygen atoms in total. The van der Waals surface area contributed by atoms with E-state index in [-0.39, 0.29) is 16.3 Å². The molecule has 0 aliphatic rings. The third-order valence-corrected chi connectivity index (χ3v) is 7.14. The van der Waals surface area contributed by atoms with Crippen LogP contribution < -0.4 is 14.3 Å². The highest BCUT2D eigenvalue weighted by molar-refractivity contribution is 7.92. The van der Waals surface area contributed by atoms with E-state index in [0.717, 1.165) is 28.3 Å². The molecule has 3 aromatic rings. The van der Waals surface area contributed by atoms with Crippen LogP contribution in [-0.2, 0) is 24.8 Å². The maximum Gasteiger partial charge on any atom is 0.261 e. The standard InChI is InChI=1S/C22H22FN3O5S2/c1-16-6-3-4-9-21(16)25-33(30,31)20-12-10-18(11-13-20)24-22(27)15-26(32(2,28)29)19-8-5-7-17(23)14-19/h3-14,25H,15H2,1-2H3,(H,24,27). The van der Waals surface area contributed by atoms with Gasteiger partial charge in [-0.05, 0) is 61.0 Å². The molecule has 0 aliphatic heterocycles. The molecule has 3 aromatic carbocycles. The Morgan fingerprint density at radius 1 is 0.939 bits per heavy atom. The van der Waals surface area contributed by atoms with Crippen molar-refractivity contribution in [3.63, 3.8) is 0 Å². The Morgan fingerprint density at radius 2 is 1.61 bits per heavy atom. The molecule has 11 heteroatoms. The molecule has 2 N–H and O–H groups in total. The van der Waals surface area contributed by atoms with Gasteiger partial charge in [0.25, 0.3) is 10.0 Å². The summed E-state index contributed by atoms with van der Waals surface area (Å²) in [6.07, 6.45) is 0.909. The number of sulfonamides is 2. The molecule has 0 aromatic heterocycles. The number of halogens is 1. The fourth-order valence-corrected chi connectivity index (χ4v) is 4.95. The monoisotopic (exact) mass is 491 g/mol. The first kappa shape index (κ1) is 24.2. The first-order valence-electron chi connectivity index (χ1n) is 9.67. The normalized spacial score (nSPS) is 11.6. The first-order valence-corrected chi connectivity index (χ1v) is 13.0. The highest BCUT2D eigenvalue weighted by Crippen LogP contribution is 2.22. The second-order valence-electron chi connectivity index (χ2n) is 7.24. The summed E-state index contributed by atoms with van der Waals surface area (Å²) in [5, 5.41) is 2.51. The van der Waals surface area contributed by atoms with Crippen LogP contribution in [0, 0.1) is 12.7 Å². The van der Waals surface area contributed by atoms with Gasteiger partial charge < -0.3 is 5.32 Å². The minimum Gasteiger partial charge on any atom is -0.325 e. The highest BCUT2D eigenvalue weighted by atomic mass is 32.2. The van der Waals surface area contributed by atoms with Crippen LogP contribution in [0.5, 0.6) is 0 Å². The van der Waals surface area contributed by atoms with Crippen molar-refractivity contribution in [2.24, 2.45) is 0 Å². The van der Waals surface area contributed by atoms with E-state index in [1.54, 1.807) is 31.2 Å². The predicted octanol–water partition coefficient (Wildman–Crippen LogP) is 3.34. The SMILES string of the molecule is Cc1ccccc1NS(=O)(=O)c1ccc(NC(=O)CN(c2cccc(F)c2)S(C)(=O)=O)cc1. The van der Waals surface area contributed by atoms with Crippen molar-refractivity contribution in [1.29, 1.82) is 0 Å². The van der Waals surface area contributed by atoms with Crippen molar-refractivity contribution < 1.29 is 26.0 Å². The topological polar surface area (TPSA) is 113 Å². The van der Waals surface area contributed by atoms with E-state index in [2.05, 4.69) is 10.0 Å². The number of rotatable bonds is 8. The molecular weight excluding hydrogens is 469 g/mol. The number of nitrogens with zero attached hydrogens (tertiary/aromatic N) is 1. The van der Waals surface area contributed by atoms with Gasteiger partial charge in [-0.1, -0.05) is 24.3 Å². The summed E-state index contributed by atoms with van der Waals surface area (Å²) in [7, 11) is -7.71. The number of nitrogens with one attached hydrogen (secondary N) is 2. The Morgan fingerprint density at radius 3 is 2.21 bits per heavy atom. The lowest BCUT2D eigenvalue weighted by Gasteiger charge is -2.22. The molecule has 0 bridgehead atoms. The van der Waals surface area contributed by atoms with Crippen molar-refractivity contribution in [1.82, 2.24) is 0 Å². The maximum absolute atomic E-state index is 13.5. The van der Waals surface area contributed by atoms with Gasteiger partial charge in [-0.2, -0.15) is 0 Å². The van der Waals surface area contributed by atoms with Crippen LogP contribution in [0.4, 0.5) is 21.5 Å². The van der Waals surface area contributed by atoms with Gasteiger partial charge in [0, 0.05) is 5.69 Å². The average Bonchev–Trinajstić information content (AvgIpc) is 2.73. The molecule has 0 saturated heterocycles. The summed E-state index contributed by atoms with van der Waals surface area (Å²) in [5.74, 6) is -1.32. The van der Waals surface area contributed by atoms with Crippen molar-refractivity contribution in [2.45, 2.75) is 11.8 Å². The molecule has 0 saturated carbocycles. The second kappa shape index (κ2) is 9.59. The zero-order valence-corrected chi connectivity index (χ0v) is 19.5. The Kier molecular flexibility index (Phi) is 7.04. The minimum absolute atomic E-state index is 0.0105. The molecule has 33 heavy (non-hydrogen) atoms. The molecule has 0 spiro atoms. The van der Waals surface area contributed by atoms with Crippen LogP contribution in [-0.4, -0.2) is 35.5 Å². The lowest BCUT2D eigenvalue weighted by atomic mass is 10.2. The van der Waals surface area contributed by atoms with Gasteiger partial charge >= 0.3 is 0 Å². The molecule has 1 amide bonds. The van der Waals surface area contributed by atoms with Crippen LogP contribution in [0.25, 0.3) is 0 Å². The predicted molar refractivity (Wildman–Crippen MR) is 126 cm³/mol. The molecule has 0 fully saturated rings. The summed E-state index contributed by atoms with van der Waals surface area (Å²) in [4.78, 5) is 12.4. The van der Waals surface area contributed by atoms with E-state index in [0.29, 0.717) is 5.69 Å². The van der Waals surface area contributed by atoms with E-state index in [9.17, 15) is 26.0 Å². The molecule has 0 radical (unpaired) electrons. The number of amides is 1. The number of hydrogen-bond acceptors (Lipinski definition) is 5. The third kappa shape index (κ3) is 6.30. The summed E-state index contributed by atoms with van der Waals surface area (Å²) in [5.41, 5.74) is 1.49. The van der Waals surface area contributed by atoms with Gasteiger partial charge in [0.1, 0.15) is 12.4 Å². The molecule has 0 heterocycles. The Labute approximate surface area is 192 Å². The van der Waals surface area contributed by atoms with Crippen molar-refractivity contribution >= 4 is 43.0 Å². The Hall–Kier alpha value is -3.44. The number of para-hydroxylation sites is 1. The number of benzene rings is 3. The number of carbonyl (C=O) groups excluding carboxylic acids is 1. The Balaban J connectivity index is 1.72. The fraction of sp³-hybridized carbons (Fsp3) is 0.136. The van der Waals surface area contributed by atoms with Crippen LogP contribution in [0.15, 0.2) is 77.7 Å². The van der Waals surface area contributed by atoms with Crippen LogP contribution in [0.3, 0.4) is 0 Å². The van der Waals surface area contributed by atoms with E-state index < -0.39 is 38.3 Å². The summed E-state index contributed by atoms with van der Waals surface area (Å²) in [6.45, 7) is 1.19. The van der Waals surface area contributed by atoms with Gasteiger partial charge in [-0.3, -0.25) is 13.8 Å². The van der Waals surface area contributed by atoms with Crippen molar-refractivity contribution in [2.75, 3.05) is 27.1 Å². The van der Waals surface area contributed by atoms with Crippen LogP contribution >= 0.6 is 0 Å². The van der Waals surface area contributed by atoms with Gasteiger partial charge in [0.05, 0.1) is 22.5 Å². The number of aryl methyl sites for hydroxylation is 1. The molecule has 0 aliphatic carbocycles. The third-order valence-electron chi connectivity index (χ3n) is 4.62. The summed E-state index contributed by atoms with van der Waals surface area (Å²) >= 11 is 0. The van der Waals surface area contributed by atoms with Gasteiger partial charge in [-0.25, -0.2) is 21.2 Å². The summed E-state index contributed by atoms with van der Waals surface area (Å²) < 4.78 is 66.3. The van der Waals surface area contributed by atoms with E-state index >= 15 is 0 Å². The van der Waals surface area contributed by atoms with E-state index in [4.69, 9.17) is 0 Å². The van der Waals surface area contributed by atoms with Crippen molar-refractivity contribution in [3.05, 3.63) is 84.2 Å². The quantitative estimate of drug-likeness (QED) is 0.502. The molecule has 0 unspecified atom stereocenters. The first-order chi connectivity index (χ1) is 15.5. The molecule has 0 atom stereocenters. The van der Waals surface area contributed by atoms with Crippen LogP contribution in [0.2, 0.25) is 0 Å². The van der Waals surface area contributed by atoms with Gasteiger partial charge in [0.15, 0.2) is 0 Å². The van der Waals surface area contributed by atoms with Crippen molar-refractivity contribution in [3.8, 4) is 0 Å². The fourth-order valence-electron chi connectivity index (χ4n) is 2.97. The average molecular weight is 492 g/mol.